The summed E-state index contributed by atoms with van der Waals surface area (Å²) < 4.78 is 1.94. The molecule has 0 saturated carbocycles. The van der Waals surface area contributed by atoms with E-state index in [0.29, 0.717) is 23.4 Å². The van der Waals surface area contributed by atoms with Crippen molar-refractivity contribution in [3.63, 3.8) is 0 Å². The van der Waals surface area contributed by atoms with Gasteiger partial charge in [-0.15, -0.1) is 0 Å². The molecule has 2 heterocycles. The van der Waals surface area contributed by atoms with E-state index in [2.05, 4.69) is 15.6 Å². The normalized spacial score (nSPS) is 12.9. The number of amides is 2. The molecule has 1 aliphatic rings. The summed E-state index contributed by atoms with van der Waals surface area (Å²) in [6.45, 7) is 3.50. The Hall–Kier alpha value is -4.39. The summed E-state index contributed by atoms with van der Waals surface area (Å²) in [6.07, 6.45) is 5.23. The fraction of sp³-hybridized carbons (Fsp3) is 0.179. The molecule has 0 saturated heterocycles. The first-order valence-electron chi connectivity index (χ1n) is 11.8. The van der Waals surface area contributed by atoms with E-state index in [1.54, 1.807) is 36.5 Å². The smallest absolute Gasteiger partial charge is 0.258 e. The quantitative estimate of drug-likeness (QED) is 0.427. The van der Waals surface area contributed by atoms with Crippen molar-refractivity contribution in [2.45, 2.75) is 19.8 Å². The fourth-order valence-electron chi connectivity index (χ4n) is 4.39. The van der Waals surface area contributed by atoms with Crippen LogP contribution < -0.4 is 15.5 Å². The van der Waals surface area contributed by atoms with Crippen LogP contribution in [0.3, 0.4) is 0 Å². The number of imidazole rings is 1. The topological polar surface area (TPSA) is 79.3 Å². The van der Waals surface area contributed by atoms with Crippen LogP contribution >= 0.6 is 0 Å². The maximum atomic E-state index is 13.3. The van der Waals surface area contributed by atoms with Crippen molar-refractivity contribution in [2.75, 3.05) is 28.6 Å². The maximum absolute atomic E-state index is 13.3. The van der Waals surface area contributed by atoms with E-state index in [-0.39, 0.29) is 11.8 Å². The summed E-state index contributed by atoms with van der Waals surface area (Å²) in [7, 11) is 0. The van der Waals surface area contributed by atoms with Gasteiger partial charge in [-0.25, -0.2) is 4.98 Å². The van der Waals surface area contributed by atoms with E-state index in [4.69, 9.17) is 0 Å². The molecule has 0 unspecified atom stereocenters. The highest BCUT2D eigenvalue weighted by atomic mass is 16.2. The number of hydrogen-bond acceptors (Lipinski definition) is 4. The molecule has 0 fully saturated rings. The minimum Gasteiger partial charge on any atom is -0.383 e. The summed E-state index contributed by atoms with van der Waals surface area (Å²) in [4.78, 5) is 32.6. The number of aryl methyl sites for hydroxylation is 1. The number of aromatic nitrogens is 2. The van der Waals surface area contributed by atoms with Crippen molar-refractivity contribution in [3.05, 3.63) is 102 Å². The lowest BCUT2D eigenvalue weighted by atomic mass is 10.1. The molecule has 0 atom stereocenters. The highest BCUT2D eigenvalue weighted by molar-refractivity contribution is 6.09. The lowest BCUT2D eigenvalue weighted by Crippen LogP contribution is -2.31. The summed E-state index contributed by atoms with van der Waals surface area (Å²) in [6, 6.07) is 22.4. The van der Waals surface area contributed by atoms with E-state index < -0.39 is 0 Å². The van der Waals surface area contributed by atoms with Gasteiger partial charge in [0.15, 0.2) is 0 Å². The molecule has 3 aromatic carbocycles. The number of para-hydroxylation sites is 3. The highest BCUT2D eigenvalue weighted by Crippen LogP contribution is 2.29. The van der Waals surface area contributed by atoms with Crippen LogP contribution in [0.1, 0.15) is 39.9 Å². The molecule has 7 nitrogen and oxygen atoms in total. The standard InChI is InChI=1S/C28H27N5O2/c1-2-26-30-17-19-32(26)24-10-5-3-8-22(24)27(34)31-21-14-12-20(13-15-21)28(35)33-18-7-16-29-23-9-4-6-11-25(23)33/h3-6,8-15,17,19,29H,2,7,16,18H2,1H3,(H,31,34). The second-order valence-electron chi connectivity index (χ2n) is 8.37. The van der Waals surface area contributed by atoms with Gasteiger partial charge in [-0.1, -0.05) is 31.2 Å². The Kier molecular flexibility index (Phi) is 6.30. The van der Waals surface area contributed by atoms with E-state index in [0.717, 1.165) is 42.3 Å². The summed E-state index contributed by atoms with van der Waals surface area (Å²) in [5, 5.41) is 6.34. The summed E-state index contributed by atoms with van der Waals surface area (Å²) >= 11 is 0. The number of nitrogens with one attached hydrogen (secondary N) is 2. The molecule has 176 valence electrons. The molecule has 5 rings (SSSR count). The second-order valence-corrected chi connectivity index (χ2v) is 8.37. The van der Waals surface area contributed by atoms with Crippen molar-refractivity contribution in [1.82, 2.24) is 9.55 Å². The zero-order valence-corrected chi connectivity index (χ0v) is 19.6. The molecule has 35 heavy (non-hydrogen) atoms. The van der Waals surface area contributed by atoms with Gasteiger partial charge in [0.05, 0.1) is 22.6 Å². The molecule has 1 aliphatic heterocycles. The van der Waals surface area contributed by atoms with Crippen molar-refractivity contribution in [2.24, 2.45) is 0 Å². The Morgan fingerprint density at radius 2 is 1.71 bits per heavy atom. The van der Waals surface area contributed by atoms with Crippen LogP contribution in [0.25, 0.3) is 5.69 Å². The van der Waals surface area contributed by atoms with Crippen molar-refractivity contribution in [1.29, 1.82) is 0 Å². The zero-order chi connectivity index (χ0) is 24.2. The first kappa shape index (κ1) is 22.4. The van der Waals surface area contributed by atoms with Crippen LogP contribution in [-0.4, -0.2) is 34.5 Å². The van der Waals surface area contributed by atoms with E-state index in [1.165, 1.54) is 0 Å². The first-order valence-corrected chi connectivity index (χ1v) is 11.8. The summed E-state index contributed by atoms with van der Waals surface area (Å²) in [5.41, 5.74) is 4.38. The van der Waals surface area contributed by atoms with Gasteiger partial charge in [0.2, 0.25) is 0 Å². The monoisotopic (exact) mass is 465 g/mol. The predicted octanol–water partition coefficient (Wildman–Crippen LogP) is 5.15. The van der Waals surface area contributed by atoms with Gasteiger partial charge in [-0.3, -0.25) is 9.59 Å². The van der Waals surface area contributed by atoms with Crippen LogP contribution in [0.5, 0.6) is 0 Å². The number of anilines is 3. The Labute approximate surface area is 204 Å². The Balaban J connectivity index is 1.35. The minimum absolute atomic E-state index is 0.0587. The van der Waals surface area contributed by atoms with E-state index >= 15 is 0 Å². The molecule has 4 aromatic rings. The average Bonchev–Trinajstić information content (AvgIpc) is 3.28. The fourth-order valence-corrected chi connectivity index (χ4v) is 4.39. The van der Waals surface area contributed by atoms with E-state index in [1.807, 2.05) is 65.1 Å². The molecule has 0 aliphatic carbocycles. The molecular weight excluding hydrogens is 438 g/mol. The van der Waals surface area contributed by atoms with Gasteiger partial charge < -0.3 is 20.1 Å². The number of carbonyl (C=O) groups excluding carboxylic acids is 2. The van der Waals surface area contributed by atoms with Crippen molar-refractivity contribution < 1.29 is 9.59 Å². The third-order valence-corrected chi connectivity index (χ3v) is 6.15. The van der Waals surface area contributed by atoms with Crippen LogP contribution in [0.2, 0.25) is 0 Å². The summed E-state index contributed by atoms with van der Waals surface area (Å²) in [5.74, 6) is 0.609. The van der Waals surface area contributed by atoms with Crippen LogP contribution in [0.15, 0.2) is 85.2 Å². The molecule has 0 radical (unpaired) electrons. The number of fused-ring (bicyclic) bond motifs is 1. The van der Waals surface area contributed by atoms with E-state index in [9.17, 15) is 9.59 Å². The number of nitrogens with zero attached hydrogens (tertiary/aromatic N) is 3. The lowest BCUT2D eigenvalue weighted by Gasteiger charge is -2.22. The molecule has 7 heteroatoms. The maximum Gasteiger partial charge on any atom is 0.258 e. The van der Waals surface area contributed by atoms with Gasteiger partial charge in [0, 0.05) is 43.2 Å². The second kappa shape index (κ2) is 9.85. The van der Waals surface area contributed by atoms with Crippen molar-refractivity contribution in [3.8, 4) is 5.69 Å². The molecule has 1 aromatic heterocycles. The Morgan fingerprint density at radius 1 is 0.971 bits per heavy atom. The molecule has 0 bridgehead atoms. The zero-order valence-electron chi connectivity index (χ0n) is 19.6. The Morgan fingerprint density at radius 3 is 2.51 bits per heavy atom. The van der Waals surface area contributed by atoms with Gasteiger partial charge >= 0.3 is 0 Å². The van der Waals surface area contributed by atoms with Crippen LogP contribution in [0, 0.1) is 0 Å². The first-order chi connectivity index (χ1) is 17.2. The van der Waals surface area contributed by atoms with Gasteiger partial charge in [-0.05, 0) is 55.0 Å². The molecule has 2 N–H and O–H groups in total. The number of hydrogen-bond donors (Lipinski definition) is 2. The van der Waals surface area contributed by atoms with Gasteiger partial charge in [-0.2, -0.15) is 0 Å². The average molecular weight is 466 g/mol. The molecule has 0 spiro atoms. The van der Waals surface area contributed by atoms with Crippen molar-refractivity contribution >= 4 is 28.9 Å². The molecule has 2 amide bonds. The highest BCUT2D eigenvalue weighted by Gasteiger charge is 2.22. The van der Waals surface area contributed by atoms with Gasteiger partial charge in [0.1, 0.15) is 5.82 Å². The third kappa shape index (κ3) is 4.53. The molecular formula is C28H27N5O2. The largest absolute Gasteiger partial charge is 0.383 e. The van der Waals surface area contributed by atoms with Gasteiger partial charge in [0.25, 0.3) is 11.8 Å². The minimum atomic E-state index is -0.219. The SMILES string of the molecule is CCc1nccn1-c1ccccc1C(=O)Nc1ccc(C(=O)N2CCCNc3ccccc32)cc1. The van der Waals surface area contributed by atoms with Crippen LogP contribution in [-0.2, 0) is 6.42 Å². The predicted molar refractivity (Wildman–Crippen MR) is 139 cm³/mol. The van der Waals surface area contributed by atoms with Crippen LogP contribution in [0.4, 0.5) is 17.1 Å². The third-order valence-electron chi connectivity index (χ3n) is 6.15. The number of carbonyl (C=O) groups is 2. The number of benzene rings is 3. The lowest BCUT2D eigenvalue weighted by molar-refractivity contribution is 0.0986. The number of rotatable bonds is 5. The Bertz CT molecular complexity index is 1360.